The molecule has 0 aliphatic carbocycles. The van der Waals surface area contributed by atoms with Crippen LogP contribution in [-0.4, -0.2) is 34.2 Å². The lowest BCUT2D eigenvalue weighted by atomic mass is 9.89. The minimum absolute atomic E-state index is 0.127. The van der Waals surface area contributed by atoms with Crippen molar-refractivity contribution in [1.29, 1.82) is 0 Å². The number of nitrogens with one attached hydrogen (secondary N) is 2. The normalized spacial score (nSPS) is 15.3. The number of carbonyl (C=O) groups is 1. The summed E-state index contributed by atoms with van der Waals surface area (Å²) in [6.45, 7) is 0.921. The average Bonchev–Trinajstić information content (AvgIpc) is 3.11. The zero-order valence-electron chi connectivity index (χ0n) is 14.4. The maximum atomic E-state index is 12.9. The molecule has 2 N–H and O–H groups in total. The first kappa shape index (κ1) is 16.6. The minimum atomic E-state index is -0.438. The van der Waals surface area contributed by atoms with Crippen LogP contribution < -0.4 is 5.32 Å². The molecule has 0 bridgehead atoms. The largest absolute Gasteiger partial charge is 0.324 e. The van der Waals surface area contributed by atoms with Gasteiger partial charge in [0.25, 0.3) is 0 Å². The van der Waals surface area contributed by atoms with Gasteiger partial charge in [-0.3, -0.25) is 10.4 Å². The fraction of sp³-hybridized carbons (Fsp3) is 0.300. The van der Waals surface area contributed by atoms with E-state index in [-0.39, 0.29) is 6.03 Å². The van der Waals surface area contributed by atoms with Crippen LogP contribution in [0, 0.1) is 0 Å². The van der Waals surface area contributed by atoms with Gasteiger partial charge in [-0.25, -0.2) is 9.18 Å². The van der Waals surface area contributed by atoms with Gasteiger partial charge in [-0.15, -0.1) is 0 Å². The summed E-state index contributed by atoms with van der Waals surface area (Å²) in [6.07, 6.45) is 1.76. The number of hydrogen-bond acceptors (Lipinski definition) is 2. The number of H-pyrrole nitrogens is 1. The van der Waals surface area contributed by atoms with E-state index in [9.17, 15) is 9.18 Å². The number of anilines is 1. The first-order valence-corrected chi connectivity index (χ1v) is 8.88. The van der Waals surface area contributed by atoms with Crippen molar-refractivity contribution in [2.75, 3.05) is 18.4 Å². The van der Waals surface area contributed by atoms with E-state index in [1.54, 1.807) is 6.07 Å². The Kier molecular flexibility index (Phi) is 4.56. The Morgan fingerprint density at radius 3 is 2.81 bits per heavy atom. The highest BCUT2D eigenvalue weighted by molar-refractivity contribution is 5.98. The van der Waals surface area contributed by atoms with Crippen molar-refractivity contribution in [3.63, 3.8) is 0 Å². The van der Waals surface area contributed by atoms with Gasteiger partial charge in [0.15, 0.2) is 5.82 Å². The molecule has 6 heteroatoms. The number of benzene rings is 2. The molecule has 2 aromatic carbocycles. The lowest BCUT2D eigenvalue weighted by Gasteiger charge is -2.32. The lowest BCUT2D eigenvalue weighted by molar-refractivity contribution is 0.194. The first-order valence-electron chi connectivity index (χ1n) is 8.88. The third-order valence-corrected chi connectivity index (χ3v) is 5.05. The molecular formula is C20H21FN4O. The van der Waals surface area contributed by atoms with E-state index in [2.05, 4.69) is 21.6 Å². The summed E-state index contributed by atoms with van der Waals surface area (Å²) in [5.41, 5.74) is 2.78. The fourth-order valence-corrected chi connectivity index (χ4v) is 3.59. The summed E-state index contributed by atoms with van der Waals surface area (Å²) < 4.78 is 12.9. The highest BCUT2D eigenvalue weighted by atomic mass is 19.1. The number of alkyl halides is 1. The molecule has 1 aliphatic heterocycles. The topological polar surface area (TPSA) is 61.0 Å². The monoisotopic (exact) mass is 352 g/mol. The summed E-state index contributed by atoms with van der Waals surface area (Å²) in [5.74, 6) is 0.931. The van der Waals surface area contributed by atoms with Crippen LogP contribution in [0.25, 0.3) is 10.9 Å². The molecule has 134 valence electrons. The van der Waals surface area contributed by atoms with Crippen LogP contribution in [0.5, 0.6) is 0 Å². The van der Waals surface area contributed by atoms with E-state index in [1.165, 1.54) is 5.56 Å². The van der Waals surface area contributed by atoms with Crippen LogP contribution in [0.4, 0.5) is 15.0 Å². The van der Waals surface area contributed by atoms with Crippen molar-refractivity contribution in [1.82, 2.24) is 15.1 Å². The SMILES string of the molecule is O=C(Nc1n[nH]c2ccccc12)N1CCC(c2cccc(CF)c2)CC1. The maximum absolute atomic E-state index is 12.9. The molecule has 1 aliphatic rings. The Morgan fingerprint density at radius 1 is 1.19 bits per heavy atom. The fourth-order valence-electron chi connectivity index (χ4n) is 3.59. The van der Waals surface area contributed by atoms with Gasteiger partial charge in [0.05, 0.1) is 5.52 Å². The third kappa shape index (κ3) is 3.27. The summed E-state index contributed by atoms with van der Waals surface area (Å²) in [4.78, 5) is 14.4. The van der Waals surface area contributed by atoms with E-state index in [0.717, 1.165) is 23.7 Å². The van der Waals surface area contributed by atoms with Crippen molar-refractivity contribution in [2.45, 2.75) is 25.4 Å². The van der Waals surface area contributed by atoms with E-state index in [0.29, 0.717) is 30.4 Å². The lowest BCUT2D eigenvalue weighted by Crippen LogP contribution is -2.40. The van der Waals surface area contributed by atoms with Crippen LogP contribution in [-0.2, 0) is 6.67 Å². The molecule has 2 amide bonds. The summed E-state index contributed by atoms with van der Waals surface area (Å²) in [6, 6.07) is 15.3. The average molecular weight is 352 g/mol. The van der Waals surface area contributed by atoms with Gasteiger partial charge in [-0.05, 0) is 42.0 Å². The molecule has 26 heavy (non-hydrogen) atoms. The van der Waals surface area contributed by atoms with Crippen LogP contribution in [0.1, 0.15) is 29.9 Å². The Balaban J connectivity index is 1.39. The standard InChI is InChI=1S/C20H21FN4O/c21-13-14-4-3-5-16(12-14)15-8-10-25(11-9-15)20(26)22-19-17-6-1-2-7-18(17)23-24-19/h1-7,12,15H,8-11,13H2,(H2,22,23,24,26). The van der Waals surface area contributed by atoms with Gasteiger partial charge >= 0.3 is 6.03 Å². The summed E-state index contributed by atoms with van der Waals surface area (Å²) >= 11 is 0. The number of carbonyl (C=O) groups excluding carboxylic acids is 1. The molecule has 2 heterocycles. The van der Waals surface area contributed by atoms with Crippen LogP contribution in [0.2, 0.25) is 0 Å². The molecule has 1 fully saturated rings. The van der Waals surface area contributed by atoms with E-state index >= 15 is 0 Å². The molecule has 0 atom stereocenters. The molecule has 4 rings (SSSR count). The minimum Gasteiger partial charge on any atom is -0.324 e. The van der Waals surface area contributed by atoms with E-state index in [4.69, 9.17) is 0 Å². The van der Waals surface area contributed by atoms with Crippen molar-refractivity contribution in [3.05, 3.63) is 59.7 Å². The number of urea groups is 1. The second kappa shape index (κ2) is 7.15. The Morgan fingerprint density at radius 2 is 2.00 bits per heavy atom. The summed E-state index contributed by atoms with van der Waals surface area (Å²) in [5, 5.41) is 10.9. The molecule has 1 saturated heterocycles. The zero-order chi connectivity index (χ0) is 17.9. The number of likely N-dealkylation sites (tertiary alicyclic amines) is 1. The van der Waals surface area contributed by atoms with Crippen molar-refractivity contribution in [2.24, 2.45) is 0 Å². The molecule has 0 radical (unpaired) electrons. The Labute approximate surface area is 151 Å². The maximum Gasteiger partial charge on any atom is 0.323 e. The van der Waals surface area contributed by atoms with Crippen molar-refractivity contribution in [3.8, 4) is 0 Å². The first-order chi connectivity index (χ1) is 12.7. The second-order valence-electron chi connectivity index (χ2n) is 6.69. The number of hydrogen-bond donors (Lipinski definition) is 2. The number of aromatic nitrogens is 2. The Hall–Kier alpha value is -2.89. The molecule has 3 aromatic rings. The zero-order valence-corrected chi connectivity index (χ0v) is 14.4. The number of piperidine rings is 1. The van der Waals surface area contributed by atoms with Gasteiger partial charge in [0.2, 0.25) is 0 Å². The van der Waals surface area contributed by atoms with Gasteiger partial charge in [-0.2, -0.15) is 5.10 Å². The summed E-state index contributed by atoms with van der Waals surface area (Å²) in [7, 11) is 0. The molecule has 0 saturated carbocycles. The number of halogens is 1. The van der Waals surface area contributed by atoms with Gasteiger partial charge in [0, 0.05) is 18.5 Å². The smallest absolute Gasteiger partial charge is 0.323 e. The molecular weight excluding hydrogens is 331 g/mol. The third-order valence-electron chi connectivity index (χ3n) is 5.05. The number of nitrogens with zero attached hydrogens (tertiary/aromatic N) is 2. The number of aromatic amines is 1. The van der Waals surface area contributed by atoms with Gasteiger partial charge < -0.3 is 4.90 Å². The Bertz CT molecular complexity index is 915. The van der Waals surface area contributed by atoms with Gasteiger partial charge in [-0.1, -0.05) is 36.4 Å². The quantitative estimate of drug-likeness (QED) is 0.732. The van der Waals surface area contributed by atoms with Crippen LogP contribution in [0.15, 0.2) is 48.5 Å². The number of fused-ring (bicyclic) bond motifs is 1. The number of amides is 2. The number of para-hydroxylation sites is 1. The highest BCUT2D eigenvalue weighted by Gasteiger charge is 2.24. The van der Waals surface area contributed by atoms with E-state index in [1.807, 2.05) is 41.3 Å². The number of rotatable bonds is 3. The predicted molar refractivity (Wildman–Crippen MR) is 99.9 cm³/mol. The van der Waals surface area contributed by atoms with Gasteiger partial charge in [0.1, 0.15) is 6.67 Å². The van der Waals surface area contributed by atoms with Crippen molar-refractivity contribution < 1.29 is 9.18 Å². The second-order valence-corrected chi connectivity index (χ2v) is 6.69. The van der Waals surface area contributed by atoms with Crippen molar-refractivity contribution >= 4 is 22.8 Å². The highest BCUT2D eigenvalue weighted by Crippen LogP contribution is 2.29. The van der Waals surface area contributed by atoms with E-state index < -0.39 is 6.67 Å². The molecule has 5 nitrogen and oxygen atoms in total. The van der Waals surface area contributed by atoms with Crippen LogP contribution in [0.3, 0.4) is 0 Å². The molecule has 0 spiro atoms. The predicted octanol–water partition coefficient (Wildman–Crippen LogP) is 4.44. The van der Waals surface area contributed by atoms with Crippen LogP contribution >= 0.6 is 0 Å². The molecule has 1 aromatic heterocycles. The molecule has 0 unspecified atom stereocenters.